The molecule has 0 saturated heterocycles. The third-order valence-corrected chi connectivity index (χ3v) is 3.02. The monoisotopic (exact) mass is 316 g/mol. The summed E-state index contributed by atoms with van der Waals surface area (Å²) in [6.45, 7) is -0.265. The maximum atomic E-state index is 13.0. The Balaban J connectivity index is 2.30. The highest BCUT2D eigenvalue weighted by atomic mass is 35.5. The Bertz CT molecular complexity index is 632. The Kier molecular flexibility index (Phi) is 4.57. The molecule has 7 heteroatoms. The van der Waals surface area contributed by atoms with E-state index < -0.39 is 11.7 Å². The summed E-state index contributed by atoms with van der Waals surface area (Å²) < 4.78 is 44.4. The van der Waals surface area contributed by atoms with E-state index in [0.29, 0.717) is 5.69 Å². The van der Waals surface area contributed by atoms with Gasteiger partial charge in [-0.3, -0.25) is 0 Å². The number of halogens is 4. The first-order chi connectivity index (χ1) is 9.91. The van der Waals surface area contributed by atoms with Gasteiger partial charge in [0.05, 0.1) is 5.56 Å². The van der Waals surface area contributed by atoms with E-state index in [1.807, 2.05) is 0 Å². The van der Waals surface area contributed by atoms with Crippen LogP contribution in [0.3, 0.4) is 0 Å². The lowest BCUT2D eigenvalue weighted by Crippen LogP contribution is -2.13. The van der Waals surface area contributed by atoms with Crippen molar-refractivity contribution in [2.45, 2.75) is 12.8 Å². The maximum absolute atomic E-state index is 13.0. The molecule has 0 fully saturated rings. The van der Waals surface area contributed by atoms with E-state index in [0.717, 1.165) is 6.07 Å². The molecule has 0 bridgehead atoms. The van der Waals surface area contributed by atoms with Crippen molar-refractivity contribution in [3.63, 3.8) is 0 Å². The predicted octanol–water partition coefficient (Wildman–Crippen LogP) is 4.37. The van der Waals surface area contributed by atoms with Gasteiger partial charge in [-0.05, 0) is 18.2 Å². The standard InChI is InChI=1S/C14H12ClF3N2O/c1-19-11-5-2-4-10(14(16,17)18)9(11)8-21-13-7-3-6-12(15)20-13/h2-7,19H,8H2,1H3. The predicted molar refractivity (Wildman–Crippen MR) is 74.6 cm³/mol. The molecule has 21 heavy (non-hydrogen) atoms. The number of hydrogen-bond donors (Lipinski definition) is 1. The summed E-state index contributed by atoms with van der Waals surface area (Å²) in [5.74, 6) is 0.168. The number of nitrogens with one attached hydrogen (secondary N) is 1. The third kappa shape index (κ3) is 3.78. The largest absolute Gasteiger partial charge is 0.473 e. The molecule has 0 radical (unpaired) electrons. The first-order valence-corrected chi connectivity index (χ1v) is 6.42. The van der Waals surface area contributed by atoms with Crippen molar-refractivity contribution in [1.29, 1.82) is 0 Å². The van der Waals surface area contributed by atoms with Gasteiger partial charge in [-0.1, -0.05) is 23.7 Å². The second-order valence-corrected chi connectivity index (χ2v) is 4.55. The number of rotatable bonds is 4. The molecule has 3 nitrogen and oxygen atoms in total. The zero-order valence-electron chi connectivity index (χ0n) is 11.0. The van der Waals surface area contributed by atoms with E-state index in [2.05, 4.69) is 10.3 Å². The minimum atomic E-state index is -4.45. The van der Waals surface area contributed by atoms with Gasteiger partial charge in [0.1, 0.15) is 11.8 Å². The van der Waals surface area contributed by atoms with Crippen LogP contribution in [0, 0.1) is 0 Å². The van der Waals surface area contributed by atoms with Crippen molar-refractivity contribution in [3.05, 3.63) is 52.7 Å². The topological polar surface area (TPSA) is 34.1 Å². The fourth-order valence-corrected chi connectivity index (χ4v) is 2.01. The molecule has 0 saturated carbocycles. The number of benzene rings is 1. The SMILES string of the molecule is CNc1cccc(C(F)(F)F)c1COc1cccc(Cl)n1. The van der Waals surface area contributed by atoms with Crippen LogP contribution in [0.5, 0.6) is 5.88 Å². The Morgan fingerprint density at radius 2 is 1.90 bits per heavy atom. The normalized spacial score (nSPS) is 11.3. The van der Waals surface area contributed by atoms with Crippen LogP contribution >= 0.6 is 11.6 Å². The molecular formula is C14H12ClF3N2O. The zero-order valence-corrected chi connectivity index (χ0v) is 11.8. The fraction of sp³-hybridized carbons (Fsp3) is 0.214. The summed E-state index contributed by atoms with van der Waals surface area (Å²) in [6.07, 6.45) is -4.45. The smallest absolute Gasteiger partial charge is 0.416 e. The van der Waals surface area contributed by atoms with Crippen molar-refractivity contribution >= 4 is 17.3 Å². The molecule has 1 heterocycles. The molecule has 1 aromatic heterocycles. The molecule has 0 unspecified atom stereocenters. The molecule has 0 spiro atoms. The van der Waals surface area contributed by atoms with Gasteiger partial charge in [0, 0.05) is 24.4 Å². The molecule has 0 aliphatic carbocycles. The maximum Gasteiger partial charge on any atom is 0.416 e. The van der Waals surface area contributed by atoms with Gasteiger partial charge < -0.3 is 10.1 Å². The average molecular weight is 317 g/mol. The van der Waals surface area contributed by atoms with Crippen LogP contribution in [0.25, 0.3) is 0 Å². The minimum Gasteiger partial charge on any atom is -0.473 e. The van der Waals surface area contributed by atoms with Gasteiger partial charge in [-0.15, -0.1) is 0 Å². The molecule has 0 atom stereocenters. The van der Waals surface area contributed by atoms with Gasteiger partial charge >= 0.3 is 6.18 Å². The lowest BCUT2D eigenvalue weighted by atomic mass is 10.1. The number of pyridine rings is 1. The molecule has 0 aliphatic heterocycles. The first-order valence-electron chi connectivity index (χ1n) is 6.04. The van der Waals surface area contributed by atoms with E-state index in [1.54, 1.807) is 25.2 Å². The summed E-state index contributed by atoms with van der Waals surface area (Å²) >= 11 is 5.71. The molecular weight excluding hydrogens is 305 g/mol. The number of nitrogens with zero attached hydrogens (tertiary/aromatic N) is 1. The summed E-state index contributed by atoms with van der Waals surface area (Å²) in [6, 6.07) is 8.61. The van der Waals surface area contributed by atoms with Crippen molar-refractivity contribution in [2.75, 3.05) is 12.4 Å². The van der Waals surface area contributed by atoms with Crippen molar-refractivity contribution in [3.8, 4) is 5.88 Å². The highest BCUT2D eigenvalue weighted by molar-refractivity contribution is 6.29. The Labute approximate surface area is 124 Å². The highest BCUT2D eigenvalue weighted by Crippen LogP contribution is 2.35. The van der Waals surface area contributed by atoms with Crippen molar-refractivity contribution in [2.24, 2.45) is 0 Å². The van der Waals surface area contributed by atoms with Crippen LogP contribution in [0.2, 0.25) is 5.15 Å². The van der Waals surface area contributed by atoms with Gasteiger partial charge in [-0.2, -0.15) is 13.2 Å². The summed E-state index contributed by atoms with van der Waals surface area (Å²) in [7, 11) is 1.55. The summed E-state index contributed by atoms with van der Waals surface area (Å²) in [5.41, 5.74) is -0.363. The Morgan fingerprint density at radius 3 is 2.52 bits per heavy atom. The number of hydrogen-bond acceptors (Lipinski definition) is 3. The van der Waals surface area contributed by atoms with E-state index in [-0.39, 0.29) is 23.2 Å². The minimum absolute atomic E-state index is 0.0225. The third-order valence-electron chi connectivity index (χ3n) is 2.80. The fourth-order valence-electron chi connectivity index (χ4n) is 1.86. The average Bonchev–Trinajstić information content (AvgIpc) is 2.43. The van der Waals surface area contributed by atoms with E-state index in [1.165, 1.54) is 12.1 Å². The van der Waals surface area contributed by atoms with Gasteiger partial charge in [0.2, 0.25) is 5.88 Å². The molecule has 112 valence electrons. The van der Waals surface area contributed by atoms with Crippen LogP contribution in [0.15, 0.2) is 36.4 Å². The second-order valence-electron chi connectivity index (χ2n) is 4.17. The van der Waals surface area contributed by atoms with Crippen LogP contribution in [0.4, 0.5) is 18.9 Å². The zero-order chi connectivity index (χ0) is 15.5. The molecule has 1 N–H and O–H groups in total. The summed E-state index contributed by atoms with van der Waals surface area (Å²) in [4.78, 5) is 3.88. The molecule has 2 aromatic rings. The van der Waals surface area contributed by atoms with Crippen LogP contribution in [-0.2, 0) is 12.8 Å². The van der Waals surface area contributed by atoms with E-state index in [4.69, 9.17) is 16.3 Å². The van der Waals surface area contributed by atoms with E-state index >= 15 is 0 Å². The van der Waals surface area contributed by atoms with Gasteiger partial charge in [0.15, 0.2) is 0 Å². The summed E-state index contributed by atoms with van der Waals surface area (Å²) in [5, 5.41) is 2.94. The number of ether oxygens (including phenoxy) is 1. The van der Waals surface area contributed by atoms with Gasteiger partial charge in [-0.25, -0.2) is 4.98 Å². The number of aromatic nitrogens is 1. The van der Waals surface area contributed by atoms with Crippen LogP contribution < -0.4 is 10.1 Å². The first kappa shape index (κ1) is 15.4. The number of anilines is 1. The molecule has 0 amide bonds. The van der Waals surface area contributed by atoms with Crippen molar-refractivity contribution < 1.29 is 17.9 Å². The Hall–Kier alpha value is -1.95. The second kappa shape index (κ2) is 6.22. The van der Waals surface area contributed by atoms with Crippen molar-refractivity contribution in [1.82, 2.24) is 4.98 Å². The molecule has 2 rings (SSSR count). The number of alkyl halides is 3. The lowest BCUT2D eigenvalue weighted by molar-refractivity contribution is -0.138. The highest BCUT2D eigenvalue weighted by Gasteiger charge is 2.34. The van der Waals surface area contributed by atoms with Crippen LogP contribution in [-0.4, -0.2) is 12.0 Å². The molecule has 1 aromatic carbocycles. The van der Waals surface area contributed by atoms with Gasteiger partial charge in [0.25, 0.3) is 0 Å². The quantitative estimate of drug-likeness (QED) is 0.850. The van der Waals surface area contributed by atoms with E-state index in [9.17, 15) is 13.2 Å². The molecule has 0 aliphatic rings. The van der Waals surface area contributed by atoms with Crippen LogP contribution in [0.1, 0.15) is 11.1 Å². The Morgan fingerprint density at radius 1 is 1.19 bits per heavy atom. The lowest BCUT2D eigenvalue weighted by Gasteiger charge is -2.17.